The van der Waals surface area contributed by atoms with Crippen LogP contribution < -0.4 is 10.6 Å². The first-order valence-electron chi connectivity index (χ1n) is 6.07. The predicted octanol–water partition coefficient (Wildman–Crippen LogP) is 1.15. The van der Waals surface area contributed by atoms with Gasteiger partial charge in [-0.25, -0.2) is 4.39 Å². The fourth-order valence-corrected chi connectivity index (χ4v) is 2.05. The van der Waals surface area contributed by atoms with Crippen molar-refractivity contribution in [1.29, 1.82) is 0 Å². The zero-order valence-corrected chi connectivity index (χ0v) is 9.40. The summed E-state index contributed by atoms with van der Waals surface area (Å²) in [6.45, 7) is -1.84. The number of nitrogens with two attached hydrogens (primary N) is 1. The molecule has 1 aromatic heterocycles. The van der Waals surface area contributed by atoms with Gasteiger partial charge < -0.3 is 10.6 Å². The van der Waals surface area contributed by atoms with E-state index in [-0.39, 0.29) is 11.4 Å². The van der Waals surface area contributed by atoms with Gasteiger partial charge in [-0.15, -0.1) is 0 Å². The van der Waals surface area contributed by atoms with Gasteiger partial charge in [0.05, 0.1) is 20.6 Å². The number of hydrogen-bond acceptors (Lipinski definition) is 4. The molecule has 0 atom stereocenters. The molecule has 2 aromatic rings. The fourth-order valence-electron chi connectivity index (χ4n) is 2.05. The summed E-state index contributed by atoms with van der Waals surface area (Å²) in [7, 11) is 3.15. The Morgan fingerprint density at radius 3 is 2.94 bits per heavy atom. The van der Waals surface area contributed by atoms with Crippen molar-refractivity contribution in [3.8, 4) is 11.3 Å². The molecule has 2 heterocycles. The minimum absolute atomic E-state index is 0.162. The standard InChI is InChI=1S/C11H12FN5/c1-16-5-9-10(15-17(2)14-9)7-3-6(12)4-8(13)11(7)16/h3-4H,5,13H2,1-2H3/i5D2. The lowest BCUT2D eigenvalue weighted by atomic mass is 10.0. The molecule has 0 saturated carbocycles. The van der Waals surface area contributed by atoms with Gasteiger partial charge >= 0.3 is 0 Å². The van der Waals surface area contributed by atoms with Crippen LogP contribution in [0, 0.1) is 5.82 Å². The van der Waals surface area contributed by atoms with E-state index in [1.165, 1.54) is 21.8 Å². The molecule has 3 rings (SSSR count). The third kappa shape index (κ3) is 1.37. The normalized spacial score (nSPS) is 18.2. The van der Waals surface area contributed by atoms with Gasteiger partial charge in [0.25, 0.3) is 0 Å². The molecule has 0 spiro atoms. The molecule has 1 aliphatic heterocycles. The Morgan fingerprint density at radius 2 is 2.18 bits per heavy atom. The van der Waals surface area contributed by atoms with E-state index >= 15 is 0 Å². The van der Waals surface area contributed by atoms with E-state index in [1.54, 1.807) is 14.1 Å². The number of benzene rings is 1. The first-order valence-corrected chi connectivity index (χ1v) is 5.07. The summed E-state index contributed by atoms with van der Waals surface area (Å²) in [5, 5.41) is 8.16. The molecular weight excluding hydrogens is 221 g/mol. The van der Waals surface area contributed by atoms with Gasteiger partial charge in [-0.1, -0.05) is 0 Å². The molecule has 0 amide bonds. The number of fused-ring (bicyclic) bond motifs is 3. The van der Waals surface area contributed by atoms with Crippen LogP contribution in [0.25, 0.3) is 11.3 Å². The van der Waals surface area contributed by atoms with E-state index < -0.39 is 12.3 Å². The van der Waals surface area contributed by atoms with E-state index in [4.69, 9.17) is 8.48 Å². The number of anilines is 2. The molecule has 6 heteroatoms. The highest BCUT2D eigenvalue weighted by Crippen LogP contribution is 2.40. The average Bonchev–Trinajstić information content (AvgIpc) is 2.69. The Hall–Kier alpha value is -2.11. The van der Waals surface area contributed by atoms with Crippen LogP contribution in [0.2, 0.25) is 0 Å². The summed E-state index contributed by atoms with van der Waals surface area (Å²) in [5.41, 5.74) is 7.37. The predicted molar refractivity (Wildman–Crippen MR) is 62.9 cm³/mol. The number of nitrogens with zero attached hydrogens (tertiary/aromatic N) is 4. The Kier molecular flexibility index (Phi) is 1.51. The van der Waals surface area contributed by atoms with Crippen LogP contribution in [0.15, 0.2) is 12.1 Å². The summed E-state index contributed by atoms with van der Waals surface area (Å²) in [5.74, 6) is -0.483. The first-order chi connectivity index (χ1) is 8.82. The van der Waals surface area contributed by atoms with E-state index in [0.29, 0.717) is 16.9 Å². The van der Waals surface area contributed by atoms with Crippen molar-refractivity contribution < 1.29 is 7.13 Å². The number of rotatable bonds is 0. The van der Waals surface area contributed by atoms with Gasteiger partial charge in [-0.3, -0.25) is 0 Å². The lowest BCUT2D eigenvalue weighted by molar-refractivity contribution is 0.628. The molecule has 1 aromatic carbocycles. The van der Waals surface area contributed by atoms with Crippen LogP contribution in [0.1, 0.15) is 8.44 Å². The maximum atomic E-state index is 13.5. The van der Waals surface area contributed by atoms with Gasteiger partial charge in [0.15, 0.2) is 0 Å². The van der Waals surface area contributed by atoms with Gasteiger partial charge in [-0.2, -0.15) is 15.0 Å². The summed E-state index contributed by atoms with van der Waals surface area (Å²) in [4.78, 5) is 2.63. The molecule has 0 fully saturated rings. The van der Waals surface area contributed by atoms with Crippen molar-refractivity contribution in [1.82, 2.24) is 15.0 Å². The molecule has 2 N–H and O–H groups in total. The molecule has 0 bridgehead atoms. The zero-order valence-electron chi connectivity index (χ0n) is 11.4. The molecule has 0 unspecified atom stereocenters. The maximum absolute atomic E-state index is 13.5. The third-order valence-corrected chi connectivity index (χ3v) is 2.68. The Balaban J connectivity index is 2.41. The summed E-state index contributed by atoms with van der Waals surface area (Å²) in [6, 6.07) is 2.47. The smallest absolute Gasteiger partial charge is 0.126 e. The van der Waals surface area contributed by atoms with Gasteiger partial charge in [-0.05, 0) is 12.1 Å². The van der Waals surface area contributed by atoms with E-state index in [0.717, 1.165) is 0 Å². The van der Waals surface area contributed by atoms with Gasteiger partial charge in [0.2, 0.25) is 0 Å². The zero-order chi connectivity index (χ0) is 13.9. The molecular formula is C11H12FN5. The summed E-state index contributed by atoms with van der Waals surface area (Å²) in [6.07, 6.45) is 0. The van der Waals surface area contributed by atoms with Crippen LogP contribution in [0.4, 0.5) is 15.8 Å². The minimum atomic E-state index is -1.84. The van der Waals surface area contributed by atoms with Crippen molar-refractivity contribution in [2.24, 2.45) is 7.05 Å². The SMILES string of the molecule is [2H]C1([2H])c2nn(C)nc2-c2cc(F)cc(N)c2N1C. The van der Waals surface area contributed by atoms with Crippen molar-refractivity contribution in [2.75, 3.05) is 17.7 Å². The van der Waals surface area contributed by atoms with E-state index in [2.05, 4.69) is 10.2 Å². The Morgan fingerprint density at radius 1 is 1.41 bits per heavy atom. The first kappa shape index (κ1) is 8.05. The van der Waals surface area contributed by atoms with Crippen LogP contribution >= 0.6 is 0 Å². The summed E-state index contributed by atoms with van der Waals surface area (Å²) < 4.78 is 29.8. The van der Waals surface area contributed by atoms with Gasteiger partial charge in [0.1, 0.15) is 17.2 Å². The monoisotopic (exact) mass is 235 g/mol. The molecule has 88 valence electrons. The third-order valence-electron chi connectivity index (χ3n) is 2.68. The second kappa shape index (κ2) is 3.19. The largest absolute Gasteiger partial charge is 0.397 e. The highest BCUT2D eigenvalue weighted by atomic mass is 19.1. The van der Waals surface area contributed by atoms with Crippen molar-refractivity contribution in [2.45, 2.75) is 6.50 Å². The number of aryl methyl sites for hydroxylation is 1. The molecule has 0 saturated heterocycles. The topological polar surface area (TPSA) is 60.0 Å². The lowest BCUT2D eigenvalue weighted by Gasteiger charge is -2.27. The van der Waals surface area contributed by atoms with Crippen LogP contribution in [-0.4, -0.2) is 22.0 Å². The highest BCUT2D eigenvalue weighted by Gasteiger charge is 2.26. The van der Waals surface area contributed by atoms with Crippen LogP contribution in [0.3, 0.4) is 0 Å². The fraction of sp³-hybridized carbons (Fsp3) is 0.273. The van der Waals surface area contributed by atoms with Gasteiger partial charge in [0, 0.05) is 19.7 Å². The van der Waals surface area contributed by atoms with E-state index in [9.17, 15) is 4.39 Å². The Labute approximate surface area is 100 Å². The lowest BCUT2D eigenvalue weighted by Crippen LogP contribution is -2.23. The van der Waals surface area contributed by atoms with Crippen LogP contribution in [0.5, 0.6) is 0 Å². The molecule has 5 nitrogen and oxygen atoms in total. The maximum Gasteiger partial charge on any atom is 0.126 e. The number of aromatic nitrogens is 3. The molecule has 1 aliphatic rings. The number of hydrogen-bond donors (Lipinski definition) is 1. The van der Waals surface area contributed by atoms with Crippen molar-refractivity contribution in [3.05, 3.63) is 23.6 Å². The summed E-state index contributed by atoms with van der Waals surface area (Å²) >= 11 is 0. The molecule has 0 aliphatic carbocycles. The van der Waals surface area contributed by atoms with Crippen LogP contribution in [-0.2, 0) is 13.5 Å². The van der Waals surface area contributed by atoms with Crippen molar-refractivity contribution in [3.63, 3.8) is 0 Å². The second-order valence-electron chi connectivity index (χ2n) is 3.95. The Bertz CT molecular complexity index is 682. The minimum Gasteiger partial charge on any atom is -0.397 e. The average molecular weight is 235 g/mol. The highest BCUT2D eigenvalue weighted by molar-refractivity contribution is 5.88. The second-order valence-corrected chi connectivity index (χ2v) is 3.95. The number of nitrogen functional groups attached to an aromatic ring is 1. The molecule has 17 heavy (non-hydrogen) atoms. The van der Waals surface area contributed by atoms with Crippen molar-refractivity contribution >= 4 is 11.4 Å². The van der Waals surface area contributed by atoms with E-state index in [1.807, 2.05) is 0 Å². The quantitative estimate of drug-likeness (QED) is 0.696. The number of halogens is 1. The molecule has 0 radical (unpaired) electrons.